The Labute approximate surface area is 250 Å². The van der Waals surface area contributed by atoms with Gasteiger partial charge >= 0.3 is 0 Å². The molecule has 3 rings (SSSR count). The van der Waals surface area contributed by atoms with Crippen molar-refractivity contribution in [2.75, 3.05) is 13.2 Å². The maximum absolute atomic E-state index is 10.2. The molecule has 3 heteroatoms. The Bertz CT molecular complexity index is 1010. The van der Waals surface area contributed by atoms with Crippen LogP contribution in [0.2, 0.25) is 0 Å². The van der Waals surface area contributed by atoms with Crippen molar-refractivity contribution >= 4 is 0 Å². The summed E-state index contributed by atoms with van der Waals surface area (Å²) in [5.41, 5.74) is 2.09. The van der Waals surface area contributed by atoms with E-state index < -0.39 is 11.7 Å². The molecule has 3 aromatic rings. The van der Waals surface area contributed by atoms with E-state index in [2.05, 4.69) is 37.3 Å². The molecule has 1 atom stereocenters. The number of aliphatic hydroxyl groups is 1. The van der Waals surface area contributed by atoms with E-state index in [9.17, 15) is 5.11 Å². The minimum atomic E-state index is -0.897. The molecule has 1 N–H and O–H groups in total. The molecular weight excluding hydrogens is 504 g/mol. The highest BCUT2D eigenvalue weighted by molar-refractivity contribution is 5.52. The largest absolute Gasteiger partial charge is 0.493 e. The van der Waals surface area contributed by atoms with E-state index in [1.807, 2.05) is 54.6 Å². The molecule has 0 amide bonds. The predicted molar refractivity (Wildman–Crippen MR) is 173 cm³/mol. The summed E-state index contributed by atoms with van der Waals surface area (Å²) in [6.45, 7) is 4.94. The number of unbranched alkanes of at least 4 members (excludes halogenated alkanes) is 13. The number of aliphatic hydroxyl groups excluding tert-OH is 1. The quantitative estimate of drug-likeness (QED) is 0.0985. The van der Waals surface area contributed by atoms with Crippen LogP contribution < -0.4 is 4.74 Å². The monoisotopic (exact) mass is 558 g/mol. The highest BCUT2D eigenvalue weighted by Crippen LogP contribution is 2.44. The SMILES string of the molecule is CCCCCCCCCCCCCCCCOc1ccccc1C(OCC(C)O)(c1ccccc1)c1ccccc1. The van der Waals surface area contributed by atoms with Crippen LogP contribution in [0.4, 0.5) is 0 Å². The Morgan fingerprint density at radius 1 is 0.585 bits per heavy atom. The van der Waals surface area contributed by atoms with Gasteiger partial charge in [-0.1, -0.05) is 169 Å². The Hall–Kier alpha value is -2.62. The summed E-state index contributed by atoms with van der Waals surface area (Å²) in [6.07, 6.45) is 18.2. The van der Waals surface area contributed by atoms with Gasteiger partial charge in [0.1, 0.15) is 11.4 Å². The van der Waals surface area contributed by atoms with Crippen LogP contribution in [0, 0.1) is 0 Å². The third-order valence-electron chi connectivity index (χ3n) is 7.92. The lowest BCUT2D eigenvalue weighted by atomic mass is 9.79. The second kappa shape index (κ2) is 19.5. The van der Waals surface area contributed by atoms with Crippen LogP contribution in [0.5, 0.6) is 5.75 Å². The van der Waals surface area contributed by atoms with Crippen molar-refractivity contribution < 1.29 is 14.6 Å². The lowest BCUT2D eigenvalue weighted by Crippen LogP contribution is -2.35. The standard InChI is InChI=1S/C38H54O3/c1-3-4-5-6-7-8-9-10-11-12-13-14-15-24-31-40-37-30-23-22-29-36(37)38(41-32-33(2)39,34-25-18-16-19-26-34)35-27-20-17-21-28-35/h16-23,25-30,33,39H,3-15,24,31-32H2,1-2H3. The molecule has 0 saturated carbocycles. The van der Waals surface area contributed by atoms with Crippen molar-refractivity contribution in [1.29, 1.82) is 0 Å². The molecule has 0 fully saturated rings. The molecule has 0 radical (unpaired) electrons. The van der Waals surface area contributed by atoms with Crippen molar-refractivity contribution in [3.63, 3.8) is 0 Å². The van der Waals surface area contributed by atoms with Gasteiger partial charge < -0.3 is 14.6 Å². The summed E-state index contributed by atoms with van der Waals surface area (Å²) < 4.78 is 13.1. The maximum atomic E-state index is 10.2. The maximum Gasteiger partial charge on any atom is 0.147 e. The zero-order valence-corrected chi connectivity index (χ0v) is 25.7. The highest BCUT2D eigenvalue weighted by Gasteiger charge is 2.40. The number of rotatable bonds is 22. The van der Waals surface area contributed by atoms with Crippen molar-refractivity contribution in [3.8, 4) is 5.75 Å². The average Bonchev–Trinajstić information content (AvgIpc) is 3.01. The number of ether oxygens (including phenoxy) is 2. The molecule has 41 heavy (non-hydrogen) atoms. The van der Waals surface area contributed by atoms with Gasteiger partial charge in [-0.25, -0.2) is 0 Å². The van der Waals surface area contributed by atoms with Crippen LogP contribution >= 0.6 is 0 Å². The second-order valence-electron chi connectivity index (χ2n) is 11.5. The van der Waals surface area contributed by atoms with Gasteiger partial charge in [0.25, 0.3) is 0 Å². The van der Waals surface area contributed by atoms with E-state index >= 15 is 0 Å². The molecule has 3 aromatic carbocycles. The fourth-order valence-corrected chi connectivity index (χ4v) is 5.68. The predicted octanol–water partition coefficient (Wildman–Crippen LogP) is 10.2. The van der Waals surface area contributed by atoms with Gasteiger partial charge in [-0.2, -0.15) is 0 Å². The molecule has 1 unspecified atom stereocenters. The number of para-hydroxylation sites is 1. The number of benzene rings is 3. The fraction of sp³-hybridized carbons (Fsp3) is 0.526. The van der Waals surface area contributed by atoms with E-state index in [1.54, 1.807) is 6.92 Å². The van der Waals surface area contributed by atoms with Gasteiger partial charge in [0, 0.05) is 5.56 Å². The summed E-state index contributed by atoms with van der Waals surface area (Å²) in [5, 5.41) is 10.2. The molecule has 0 aromatic heterocycles. The molecule has 224 valence electrons. The zero-order valence-electron chi connectivity index (χ0n) is 25.7. The third-order valence-corrected chi connectivity index (χ3v) is 7.92. The van der Waals surface area contributed by atoms with E-state index in [4.69, 9.17) is 9.47 Å². The first-order valence-corrected chi connectivity index (χ1v) is 16.3. The van der Waals surface area contributed by atoms with Crippen LogP contribution in [-0.2, 0) is 10.3 Å². The molecule has 0 aliphatic carbocycles. The van der Waals surface area contributed by atoms with Crippen LogP contribution in [0.25, 0.3) is 0 Å². The Morgan fingerprint density at radius 2 is 1.02 bits per heavy atom. The minimum Gasteiger partial charge on any atom is -0.493 e. The first-order valence-electron chi connectivity index (χ1n) is 16.3. The fourth-order valence-electron chi connectivity index (χ4n) is 5.68. The Kier molecular flexibility index (Phi) is 15.6. The molecule has 0 aliphatic rings. The summed E-state index contributed by atoms with van der Waals surface area (Å²) in [6, 6.07) is 28.8. The molecule has 0 saturated heterocycles. The molecule has 0 heterocycles. The summed E-state index contributed by atoms with van der Waals surface area (Å²) >= 11 is 0. The van der Waals surface area contributed by atoms with Crippen LogP contribution in [0.1, 0.15) is 120 Å². The minimum absolute atomic E-state index is 0.205. The van der Waals surface area contributed by atoms with Gasteiger partial charge in [-0.05, 0) is 30.5 Å². The molecule has 0 spiro atoms. The summed E-state index contributed by atoms with van der Waals surface area (Å²) in [5.74, 6) is 0.834. The second-order valence-corrected chi connectivity index (χ2v) is 11.5. The topological polar surface area (TPSA) is 38.7 Å². The van der Waals surface area contributed by atoms with Crippen LogP contribution in [-0.4, -0.2) is 24.4 Å². The van der Waals surface area contributed by atoms with Crippen molar-refractivity contribution in [3.05, 3.63) is 102 Å². The average molecular weight is 559 g/mol. The first-order chi connectivity index (χ1) is 20.2. The first kappa shape index (κ1) is 32.9. The van der Waals surface area contributed by atoms with Gasteiger partial charge in [0.05, 0.1) is 19.3 Å². The molecule has 0 aliphatic heterocycles. The molecule has 3 nitrogen and oxygen atoms in total. The van der Waals surface area contributed by atoms with Crippen molar-refractivity contribution in [2.24, 2.45) is 0 Å². The van der Waals surface area contributed by atoms with Crippen LogP contribution in [0.15, 0.2) is 84.9 Å². The van der Waals surface area contributed by atoms with E-state index in [-0.39, 0.29) is 6.61 Å². The van der Waals surface area contributed by atoms with Gasteiger partial charge in [-0.3, -0.25) is 0 Å². The summed E-state index contributed by atoms with van der Waals surface area (Å²) in [4.78, 5) is 0. The molecule has 0 bridgehead atoms. The Morgan fingerprint density at radius 3 is 1.51 bits per heavy atom. The van der Waals surface area contributed by atoms with E-state index in [0.717, 1.165) is 28.9 Å². The van der Waals surface area contributed by atoms with Gasteiger partial charge in [0.15, 0.2) is 0 Å². The van der Waals surface area contributed by atoms with Crippen LogP contribution in [0.3, 0.4) is 0 Å². The number of hydrogen-bond acceptors (Lipinski definition) is 3. The van der Waals surface area contributed by atoms with Gasteiger partial charge in [0.2, 0.25) is 0 Å². The zero-order chi connectivity index (χ0) is 29.0. The smallest absolute Gasteiger partial charge is 0.147 e. The van der Waals surface area contributed by atoms with Crippen molar-refractivity contribution in [2.45, 2.75) is 115 Å². The molecular formula is C38H54O3. The normalized spacial score (nSPS) is 12.4. The van der Waals surface area contributed by atoms with E-state index in [1.165, 1.54) is 83.5 Å². The van der Waals surface area contributed by atoms with Gasteiger partial charge in [-0.15, -0.1) is 0 Å². The third kappa shape index (κ3) is 10.9. The van der Waals surface area contributed by atoms with Crippen molar-refractivity contribution in [1.82, 2.24) is 0 Å². The number of hydrogen-bond donors (Lipinski definition) is 1. The van der Waals surface area contributed by atoms with E-state index in [0.29, 0.717) is 6.61 Å². The lowest BCUT2D eigenvalue weighted by Gasteiger charge is -2.37. The lowest BCUT2D eigenvalue weighted by molar-refractivity contribution is -0.0336. The highest BCUT2D eigenvalue weighted by atomic mass is 16.5. The summed E-state index contributed by atoms with van der Waals surface area (Å²) in [7, 11) is 0. The Balaban J connectivity index is 1.55.